The molecule has 26 heavy (non-hydrogen) atoms. The lowest BCUT2D eigenvalue weighted by Gasteiger charge is -2.13. The van der Waals surface area contributed by atoms with E-state index in [1.54, 1.807) is 12.1 Å². The summed E-state index contributed by atoms with van der Waals surface area (Å²) in [4.78, 5) is 12.5. The van der Waals surface area contributed by atoms with Crippen LogP contribution in [0.3, 0.4) is 0 Å². The third-order valence-corrected chi connectivity index (χ3v) is 4.23. The van der Waals surface area contributed by atoms with Gasteiger partial charge in [0.1, 0.15) is 11.5 Å². The van der Waals surface area contributed by atoms with Gasteiger partial charge in [-0.05, 0) is 72.4 Å². The van der Waals surface area contributed by atoms with E-state index >= 15 is 0 Å². The minimum Gasteiger partial charge on any atom is -0.492 e. The van der Waals surface area contributed by atoms with Crippen LogP contribution in [0.25, 0.3) is 0 Å². The number of ether oxygens (including phenoxy) is 2. The molecule has 0 radical (unpaired) electrons. The molecule has 0 bridgehead atoms. The van der Waals surface area contributed by atoms with Crippen LogP contribution >= 0.6 is 15.9 Å². The number of carbonyl (C=O) groups excluding carboxylic acids is 1. The van der Waals surface area contributed by atoms with E-state index in [4.69, 9.17) is 9.47 Å². The van der Waals surface area contributed by atoms with Crippen molar-refractivity contribution in [2.45, 2.75) is 40.2 Å². The molecule has 0 atom stereocenters. The van der Waals surface area contributed by atoms with Crippen LogP contribution in [-0.4, -0.2) is 18.6 Å². The Labute approximate surface area is 164 Å². The van der Waals surface area contributed by atoms with Gasteiger partial charge in [0.15, 0.2) is 0 Å². The highest BCUT2D eigenvalue weighted by Gasteiger charge is 2.11. The van der Waals surface area contributed by atoms with Gasteiger partial charge in [-0.15, -0.1) is 0 Å². The number of amides is 1. The quantitative estimate of drug-likeness (QED) is 0.577. The lowest BCUT2D eigenvalue weighted by Crippen LogP contribution is -2.12. The van der Waals surface area contributed by atoms with Gasteiger partial charge in [-0.2, -0.15) is 0 Å². The maximum atomic E-state index is 12.5. The highest BCUT2D eigenvalue weighted by atomic mass is 79.9. The molecule has 0 saturated heterocycles. The lowest BCUT2D eigenvalue weighted by molar-refractivity contribution is 0.102. The van der Waals surface area contributed by atoms with Crippen molar-refractivity contribution in [1.29, 1.82) is 0 Å². The summed E-state index contributed by atoms with van der Waals surface area (Å²) >= 11 is 3.48. The van der Waals surface area contributed by atoms with Crippen LogP contribution in [0, 0.1) is 5.92 Å². The molecule has 2 aromatic carbocycles. The summed E-state index contributed by atoms with van der Waals surface area (Å²) in [7, 11) is 0. The predicted octanol–water partition coefficient (Wildman–Crippen LogP) is 5.91. The topological polar surface area (TPSA) is 47.6 Å². The van der Waals surface area contributed by atoms with Crippen molar-refractivity contribution in [3.8, 4) is 11.5 Å². The molecule has 0 heterocycles. The molecule has 0 unspecified atom stereocenters. The fraction of sp³-hybridized carbons (Fsp3) is 0.381. The highest BCUT2D eigenvalue weighted by molar-refractivity contribution is 9.10. The Morgan fingerprint density at radius 3 is 2.54 bits per heavy atom. The number of benzene rings is 2. The van der Waals surface area contributed by atoms with E-state index in [1.807, 2.05) is 44.2 Å². The van der Waals surface area contributed by atoms with E-state index in [9.17, 15) is 4.79 Å². The molecule has 2 rings (SSSR count). The van der Waals surface area contributed by atoms with E-state index in [-0.39, 0.29) is 12.0 Å². The molecule has 0 spiro atoms. The maximum Gasteiger partial charge on any atom is 0.255 e. The summed E-state index contributed by atoms with van der Waals surface area (Å²) in [5.41, 5.74) is 1.25. The zero-order valence-corrected chi connectivity index (χ0v) is 17.3. The summed E-state index contributed by atoms with van der Waals surface area (Å²) in [5, 5.41) is 2.90. The van der Waals surface area contributed by atoms with Gasteiger partial charge in [-0.25, -0.2) is 0 Å². The SMILES string of the molecule is CC(C)CCOc1ccc(C(=O)Nc2cccc(OC(C)C)c2)cc1Br. The molecule has 5 heteroatoms. The van der Waals surface area contributed by atoms with Crippen molar-refractivity contribution in [2.24, 2.45) is 5.92 Å². The first-order valence-electron chi connectivity index (χ1n) is 8.85. The first-order valence-corrected chi connectivity index (χ1v) is 9.65. The highest BCUT2D eigenvalue weighted by Crippen LogP contribution is 2.27. The molecule has 1 amide bonds. The minimum atomic E-state index is -0.180. The van der Waals surface area contributed by atoms with Gasteiger partial charge >= 0.3 is 0 Å². The number of hydrogen-bond acceptors (Lipinski definition) is 3. The standard InChI is InChI=1S/C21H26BrNO3/c1-14(2)10-11-25-20-9-8-16(12-19(20)22)21(24)23-17-6-5-7-18(13-17)26-15(3)4/h5-9,12-15H,10-11H2,1-4H3,(H,23,24). The number of rotatable bonds is 8. The number of nitrogens with one attached hydrogen (secondary N) is 1. The maximum absolute atomic E-state index is 12.5. The predicted molar refractivity (Wildman–Crippen MR) is 109 cm³/mol. The van der Waals surface area contributed by atoms with Crippen molar-refractivity contribution in [3.63, 3.8) is 0 Å². The molecule has 140 valence electrons. The summed E-state index contributed by atoms with van der Waals surface area (Å²) in [6.07, 6.45) is 1.07. The van der Waals surface area contributed by atoms with Crippen LogP contribution in [0.4, 0.5) is 5.69 Å². The summed E-state index contributed by atoms with van der Waals surface area (Å²) < 4.78 is 12.2. The van der Waals surface area contributed by atoms with Gasteiger partial charge in [-0.1, -0.05) is 19.9 Å². The van der Waals surface area contributed by atoms with Crippen LogP contribution in [-0.2, 0) is 0 Å². The molecule has 0 saturated carbocycles. The van der Waals surface area contributed by atoms with Gasteiger partial charge < -0.3 is 14.8 Å². The Bertz CT molecular complexity index is 744. The lowest BCUT2D eigenvalue weighted by atomic mass is 10.1. The number of anilines is 1. The van der Waals surface area contributed by atoms with Crippen molar-refractivity contribution in [3.05, 3.63) is 52.5 Å². The van der Waals surface area contributed by atoms with E-state index in [0.29, 0.717) is 23.8 Å². The van der Waals surface area contributed by atoms with Gasteiger partial charge in [-0.3, -0.25) is 4.79 Å². The average molecular weight is 420 g/mol. The van der Waals surface area contributed by atoms with Crippen molar-refractivity contribution >= 4 is 27.5 Å². The second-order valence-electron chi connectivity index (χ2n) is 6.82. The number of carbonyl (C=O) groups is 1. The third kappa shape index (κ3) is 6.37. The Kier molecular flexibility index (Phi) is 7.51. The molecule has 4 nitrogen and oxygen atoms in total. The summed E-state index contributed by atoms with van der Waals surface area (Å²) in [6.45, 7) is 8.91. The van der Waals surface area contributed by atoms with E-state index in [2.05, 4.69) is 35.1 Å². The zero-order chi connectivity index (χ0) is 19.1. The minimum absolute atomic E-state index is 0.0835. The Balaban J connectivity index is 2.02. The van der Waals surface area contributed by atoms with E-state index in [1.165, 1.54) is 0 Å². The molecule has 0 aliphatic carbocycles. The van der Waals surface area contributed by atoms with Crippen molar-refractivity contribution in [1.82, 2.24) is 0 Å². The van der Waals surface area contributed by atoms with Crippen molar-refractivity contribution in [2.75, 3.05) is 11.9 Å². The van der Waals surface area contributed by atoms with E-state index < -0.39 is 0 Å². The monoisotopic (exact) mass is 419 g/mol. The summed E-state index contributed by atoms with van der Waals surface area (Å²) in [6, 6.07) is 12.7. The van der Waals surface area contributed by atoms with E-state index in [0.717, 1.165) is 22.4 Å². The Morgan fingerprint density at radius 1 is 1.12 bits per heavy atom. The molecule has 1 N–H and O–H groups in total. The second kappa shape index (κ2) is 9.62. The Hall–Kier alpha value is -2.01. The smallest absolute Gasteiger partial charge is 0.255 e. The fourth-order valence-corrected chi connectivity index (χ4v) is 2.78. The molecule has 0 aliphatic heterocycles. The van der Waals surface area contributed by atoms with Crippen LogP contribution in [0.2, 0.25) is 0 Å². The van der Waals surface area contributed by atoms with Gasteiger partial charge in [0, 0.05) is 17.3 Å². The molecule has 2 aromatic rings. The Morgan fingerprint density at radius 2 is 1.88 bits per heavy atom. The van der Waals surface area contributed by atoms with Gasteiger partial charge in [0.05, 0.1) is 17.2 Å². The van der Waals surface area contributed by atoms with Gasteiger partial charge in [0.2, 0.25) is 0 Å². The molecule has 0 aliphatic rings. The van der Waals surface area contributed by atoms with Crippen LogP contribution in [0.1, 0.15) is 44.5 Å². The second-order valence-corrected chi connectivity index (χ2v) is 7.68. The van der Waals surface area contributed by atoms with Gasteiger partial charge in [0.25, 0.3) is 5.91 Å². The molecular formula is C21H26BrNO3. The molecule has 0 aromatic heterocycles. The molecular weight excluding hydrogens is 394 g/mol. The largest absolute Gasteiger partial charge is 0.492 e. The van der Waals surface area contributed by atoms with Crippen LogP contribution in [0.15, 0.2) is 46.9 Å². The first-order chi connectivity index (χ1) is 12.3. The van der Waals surface area contributed by atoms with Crippen LogP contribution in [0.5, 0.6) is 11.5 Å². The normalized spacial score (nSPS) is 10.9. The zero-order valence-electron chi connectivity index (χ0n) is 15.7. The number of halogens is 1. The number of hydrogen-bond donors (Lipinski definition) is 1. The summed E-state index contributed by atoms with van der Waals surface area (Å²) in [5.74, 6) is 1.89. The van der Waals surface area contributed by atoms with Crippen LogP contribution < -0.4 is 14.8 Å². The first kappa shape index (κ1) is 20.3. The molecule has 0 fully saturated rings. The fourth-order valence-electron chi connectivity index (χ4n) is 2.29. The third-order valence-electron chi connectivity index (χ3n) is 3.61. The average Bonchev–Trinajstić information content (AvgIpc) is 2.55. The van der Waals surface area contributed by atoms with Crippen molar-refractivity contribution < 1.29 is 14.3 Å².